The van der Waals surface area contributed by atoms with E-state index >= 15 is 0 Å². The van der Waals surface area contributed by atoms with Crippen LogP contribution in [0, 0.1) is 11.3 Å². The fourth-order valence-electron chi connectivity index (χ4n) is 1.29. The van der Waals surface area contributed by atoms with Crippen LogP contribution in [0.2, 0.25) is 0 Å². The standard InChI is InChI=1S/C10H9NOS/c1-10(2)12-8-5-7(6-11)3-4-9(8)13-10/h3-5H,1-2H3. The quantitative estimate of drug-likeness (QED) is 0.632. The van der Waals surface area contributed by atoms with Gasteiger partial charge in [-0.3, -0.25) is 0 Å². The average molecular weight is 191 g/mol. The number of hydrogen-bond donors (Lipinski definition) is 0. The van der Waals surface area contributed by atoms with Gasteiger partial charge in [0.1, 0.15) is 5.75 Å². The van der Waals surface area contributed by atoms with Crippen LogP contribution in [0.4, 0.5) is 0 Å². The summed E-state index contributed by atoms with van der Waals surface area (Å²) in [6.07, 6.45) is 0. The van der Waals surface area contributed by atoms with E-state index in [1.54, 1.807) is 17.8 Å². The number of ether oxygens (including phenoxy) is 1. The lowest BCUT2D eigenvalue weighted by Crippen LogP contribution is -2.18. The van der Waals surface area contributed by atoms with Crippen molar-refractivity contribution in [2.75, 3.05) is 0 Å². The van der Waals surface area contributed by atoms with Gasteiger partial charge in [-0.15, -0.1) is 0 Å². The van der Waals surface area contributed by atoms with E-state index in [2.05, 4.69) is 6.07 Å². The number of hydrogen-bond acceptors (Lipinski definition) is 3. The smallest absolute Gasteiger partial charge is 0.153 e. The van der Waals surface area contributed by atoms with Crippen LogP contribution in [-0.4, -0.2) is 4.93 Å². The van der Waals surface area contributed by atoms with Crippen molar-refractivity contribution < 1.29 is 4.74 Å². The first-order valence-electron chi connectivity index (χ1n) is 4.03. The highest BCUT2D eigenvalue weighted by Crippen LogP contribution is 2.46. The lowest BCUT2D eigenvalue weighted by molar-refractivity contribution is 0.215. The van der Waals surface area contributed by atoms with E-state index in [1.807, 2.05) is 26.0 Å². The number of fused-ring (bicyclic) bond motifs is 1. The summed E-state index contributed by atoms with van der Waals surface area (Å²) in [6, 6.07) is 7.64. The van der Waals surface area contributed by atoms with Gasteiger partial charge in [-0.1, -0.05) is 11.8 Å². The average Bonchev–Trinajstić information content (AvgIpc) is 2.36. The molecule has 0 saturated carbocycles. The first kappa shape index (κ1) is 8.46. The van der Waals surface area contributed by atoms with Gasteiger partial charge >= 0.3 is 0 Å². The molecule has 0 amide bonds. The SMILES string of the molecule is CC1(C)Oc2cc(C#N)ccc2S1. The molecule has 0 bridgehead atoms. The van der Waals surface area contributed by atoms with Crippen LogP contribution in [0.25, 0.3) is 0 Å². The number of nitrogens with zero attached hydrogens (tertiary/aromatic N) is 1. The fourth-order valence-corrected chi connectivity index (χ4v) is 2.29. The molecule has 2 nitrogen and oxygen atoms in total. The molecule has 0 atom stereocenters. The molecule has 0 aromatic heterocycles. The molecule has 13 heavy (non-hydrogen) atoms. The maximum atomic E-state index is 8.69. The third-order valence-corrected chi connectivity index (χ3v) is 2.92. The van der Waals surface area contributed by atoms with Crippen LogP contribution >= 0.6 is 11.8 Å². The summed E-state index contributed by atoms with van der Waals surface area (Å²) in [6.45, 7) is 4.04. The van der Waals surface area contributed by atoms with Crippen LogP contribution in [-0.2, 0) is 0 Å². The Morgan fingerprint density at radius 1 is 1.46 bits per heavy atom. The summed E-state index contributed by atoms with van der Waals surface area (Å²) in [4.78, 5) is 0.917. The van der Waals surface area contributed by atoms with Crippen molar-refractivity contribution in [2.45, 2.75) is 23.7 Å². The van der Waals surface area contributed by atoms with Gasteiger partial charge in [-0.2, -0.15) is 5.26 Å². The molecule has 1 aromatic rings. The number of thioether (sulfide) groups is 1. The molecule has 2 rings (SSSR count). The normalized spacial score (nSPS) is 17.3. The van der Waals surface area contributed by atoms with Crippen molar-refractivity contribution in [1.82, 2.24) is 0 Å². The van der Waals surface area contributed by atoms with E-state index in [1.165, 1.54) is 0 Å². The van der Waals surface area contributed by atoms with Crippen molar-refractivity contribution in [3.63, 3.8) is 0 Å². The zero-order valence-corrected chi connectivity index (χ0v) is 8.31. The summed E-state index contributed by atoms with van der Waals surface area (Å²) < 4.78 is 5.65. The summed E-state index contributed by atoms with van der Waals surface area (Å²) in [5, 5.41) is 8.69. The van der Waals surface area contributed by atoms with Crippen molar-refractivity contribution in [1.29, 1.82) is 5.26 Å². The maximum absolute atomic E-state index is 8.69. The van der Waals surface area contributed by atoms with E-state index < -0.39 is 0 Å². The highest BCUT2D eigenvalue weighted by molar-refractivity contribution is 8.00. The van der Waals surface area contributed by atoms with E-state index in [0.29, 0.717) is 5.56 Å². The first-order chi connectivity index (χ1) is 6.11. The maximum Gasteiger partial charge on any atom is 0.153 e. The number of rotatable bonds is 0. The Kier molecular flexibility index (Phi) is 1.74. The molecule has 0 N–H and O–H groups in total. The molecule has 0 unspecified atom stereocenters. The molecule has 0 aliphatic carbocycles. The minimum atomic E-state index is -0.198. The van der Waals surface area contributed by atoms with Crippen molar-refractivity contribution in [3.8, 4) is 11.8 Å². The minimum absolute atomic E-state index is 0.198. The number of nitriles is 1. The molecule has 0 saturated heterocycles. The van der Waals surface area contributed by atoms with Gasteiger partial charge in [0.25, 0.3) is 0 Å². The Labute approximate surface area is 81.5 Å². The largest absolute Gasteiger partial charge is 0.476 e. The molecular weight excluding hydrogens is 182 g/mol. The lowest BCUT2D eigenvalue weighted by Gasteiger charge is -2.15. The van der Waals surface area contributed by atoms with Gasteiger partial charge in [0.2, 0.25) is 0 Å². The van der Waals surface area contributed by atoms with Gasteiger partial charge in [0.05, 0.1) is 16.5 Å². The molecule has 1 aliphatic rings. The number of benzene rings is 1. The monoisotopic (exact) mass is 191 g/mol. The van der Waals surface area contributed by atoms with Crippen molar-refractivity contribution >= 4 is 11.8 Å². The second kappa shape index (κ2) is 2.68. The van der Waals surface area contributed by atoms with E-state index in [9.17, 15) is 0 Å². The van der Waals surface area contributed by atoms with Gasteiger partial charge in [-0.05, 0) is 32.0 Å². The molecule has 0 spiro atoms. The Hall–Kier alpha value is -1.14. The molecular formula is C10H9NOS. The van der Waals surface area contributed by atoms with Crippen molar-refractivity contribution in [3.05, 3.63) is 23.8 Å². The topological polar surface area (TPSA) is 33.0 Å². The van der Waals surface area contributed by atoms with E-state index in [4.69, 9.17) is 10.00 Å². The second-order valence-corrected chi connectivity index (χ2v) is 5.00. The Balaban J connectivity index is 2.43. The lowest BCUT2D eigenvalue weighted by atomic mass is 10.2. The van der Waals surface area contributed by atoms with Gasteiger partial charge < -0.3 is 4.74 Å². The Morgan fingerprint density at radius 2 is 2.23 bits per heavy atom. The van der Waals surface area contributed by atoms with Crippen LogP contribution in [0.15, 0.2) is 23.1 Å². The van der Waals surface area contributed by atoms with Crippen LogP contribution < -0.4 is 4.74 Å². The third-order valence-electron chi connectivity index (χ3n) is 1.78. The van der Waals surface area contributed by atoms with E-state index in [-0.39, 0.29) is 4.93 Å². The predicted molar refractivity (Wildman–Crippen MR) is 51.7 cm³/mol. The Bertz CT molecular complexity index is 392. The van der Waals surface area contributed by atoms with Gasteiger partial charge in [0, 0.05) is 0 Å². The summed E-state index contributed by atoms with van der Waals surface area (Å²) in [7, 11) is 0. The molecule has 0 fully saturated rings. The molecule has 66 valence electrons. The minimum Gasteiger partial charge on any atom is -0.476 e. The molecule has 1 aromatic carbocycles. The second-order valence-electron chi connectivity index (χ2n) is 3.38. The highest BCUT2D eigenvalue weighted by atomic mass is 32.2. The van der Waals surface area contributed by atoms with Crippen LogP contribution in [0.1, 0.15) is 19.4 Å². The fraction of sp³-hybridized carbons (Fsp3) is 0.300. The predicted octanol–water partition coefficient (Wildman–Crippen LogP) is 2.78. The molecule has 1 heterocycles. The van der Waals surface area contributed by atoms with Crippen LogP contribution in [0.3, 0.4) is 0 Å². The van der Waals surface area contributed by atoms with Gasteiger partial charge in [-0.25, -0.2) is 0 Å². The van der Waals surface area contributed by atoms with E-state index in [0.717, 1.165) is 10.6 Å². The molecule has 0 radical (unpaired) electrons. The van der Waals surface area contributed by atoms with Crippen LogP contribution in [0.5, 0.6) is 5.75 Å². The molecule has 3 heteroatoms. The summed E-state index contributed by atoms with van der Waals surface area (Å²) in [5.41, 5.74) is 0.650. The first-order valence-corrected chi connectivity index (χ1v) is 4.84. The zero-order valence-electron chi connectivity index (χ0n) is 7.50. The molecule has 1 aliphatic heterocycles. The van der Waals surface area contributed by atoms with Gasteiger partial charge in [0.15, 0.2) is 4.93 Å². The third kappa shape index (κ3) is 1.50. The summed E-state index contributed by atoms with van der Waals surface area (Å²) >= 11 is 1.68. The summed E-state index contributed by atoms with van der Waals surface area (Å²) in [5.74, 6) is 0.828. The van der Waals surface area contributed by atoms with Crippen molar-refractivity contribution in [2.24, 2.45) is 0 Å². The zero-order chi connectivity index (χ0) is 9.47. The highest BCUT2D eigenvalue weighted by Gasteiger charge is 2.30. The Morgan fingerprint density at radius 3 is 2.92 bits per heavy atom.